The smallest absolute Gasteiger partial charge is 0.122 e. The lowest BCUT2D eigenvalue weighted by molar-refractivity contribution is 0.663. The highest BCUT2D eigenvalue weighted by Gasteiger charge is 1.77. The second kappa shape index (κ2) is 5.96. The highest BCUT2D eigenvalue weighted by atomic mass is 14.8. The summed E-state index contributed by atoms with van der Waals surface area (Å²) in [6.45, 7) is 5.92. The van der Waals surface area contributed by atoms with Gasteiger partial charge >= 0.3 is 0 Å². The lowest BCUT2D eigenvalue weighted by Gasteiger charge is -1.95. The van der Waals surface area contributed by atoms with Crippen LogP contribution in [-0.2, 0) is 0 Å². The first-order valence-electron chi connectivity index (χ1n) is 3.49. The van der Waals surface area contributed by atoms with Crippen LogP contribution in [0.25, 0.3) is 0 Å². The van der Waals surface area contributed by atoms with E-state index in [0.717, 1.165) is 19.5 Å². The van der Waals surface area contributed by atoms with Gasteiger partial charge in [-0.1, -0.05) is 20.3 Å². The molecule has 44 valence electrons. The minimum atomic E-state index is 0.847. The third-order valence-corrected chi connectivity index (χ3v) is 0.893. The van der Waals surface area contributed by atoms with E-state index in [4.69, 9.17) is 1.41 Å². The summed E-state index contributed by atoms with van der Waals surface area (Å²) in [7, 11) is 0. The zero-order valence-corrected chi connectivity index (χ0v) is 5.28. The molecule has 7 heavy (non-hydrogen) atoms. The fraction of sp³-hybridized carbons (Fsp3) is 1.00. The van der Waals surface area contributed by atoms with Crippen LogP contribution in [-0.4, -0.2) is 13.1 Å². The van der Waals surface area contributed by atoms with Gasteiger partial charge in [0.15, 0.2) is 0 Å². The third kappa shape index (κ3) is 5.96. The Bertz CT molecular complexity index is 47.8. The predicted molar refractivity (Wildman–Crippen MR) is 33.5 cm³/mol. The summed E-state index contributed by atoms with van der Waals surface area (Å²) >= 11 is 0. The molecule has 0 heterocycles. The Morgan fingerprint density at radius 3 is 2.71 bits per heavy atom. The van der Waals surface area contributed by atoms with Crippen LogP contribution in [0.5, 0.6) is 0 Å². The first-order valence-corrected chi connectivity index (χ1v) is 3.05. The monoisotopic (exact) mass is 102 g/mol. The topological polar surface area (TPSA) is 12.0 Å². The molecule has 0 atom stereocenters. The highest BCUT2D eigenvalue weighted by molar-refractivity contribution is 4.39. The van der Waals surface area contributed by atoms with E-state index in [1.54, 1.807) is 5.31 Å². The molecule has 0 aliphatic heterocycles. The molecule has 0 fully saturated rings. The van der Waals surface area contributed by atoms with Gasteiger partial charge in [-0.05, 0) is 19.5 Å². The molecule has 0 radical (unpaired) electrons. The van der Waals surface area contributed by atoms with Crippen LogP contribution in [0.4, 0.5) is 0 Å². The minimum absolute atomic E-state index is 0.847. The van der Waals surface area contributed by atoms with Gasteiger partial charge in [-0.25, -0.2) is 0 Å². The number of rotatable bonds is 4. The molecule has 0 unspecified atom stereocenters. The molecule has 1 nitrogen and oxygen atoms in total. The first-order chi connectivity index (χ1) is 3.81. The lowest BCUT2D eigenvalue weighted by atomic mass is 10.3. The van der Waals surface area contributed by atoms with Crippen molar-refractivity contribution in [2.45, 2.75) is 26.7 Å². The second-order valence-corrected chi connectivity index (χ2v) is 1.62. The Balaban J connectivity index is 2.86. The van der Waals surface area contributed by atoms with Crippen LogP contribution >= 0.6 is 0 Å². The number of hydrogen-bond donors (Lipinski definition) is 1. The Morgan fingerprint density at radius 2 is 2.29 bits per heavy atom. The molecule has 0 aliphatic carbocycles. The zero-order valence-electron chi connectivity index (χ0n) is 6.28. The Hall–Kier alpha value is -0.0400. The Labute approximate surface area is 47.6 Å². The predicted octanol–water partition coefficient (Wildman–Crippen LogP) is 1.40. The Kier molecular flexibility index (Phi) is 4.35. The summed E-state index contributed by atoms with van der Waals surface area (Å²) in [6, 6.07) is 0. The van der Waals surface area contributed by atoms with Crippen molar-refractivity contribution < 1.29 is 1.41 Å². The van der Waals surface area contributed by atoms with E-state index in [2.05, 4.69) is 6.92 Å². The summed E-state index contributed by atoms with van der Waals surface area (Å²) in [6.07, 6.45) is 2.34. The van der Waals surface area contributed by atoms with Gasteiger partial charge in [-0.2, -0.15) is 0 Å². The van der Waals surface area contributed by atoms with Gasteiger partial charge in [-0.15, -0.1) is 0 Å². The summed E-state index contributed by atoms with van der Waals surface area (Å²) in [5.41, 5.74) is 0. The van der Waals surface area contributed by atoms with Crippen molar-refractivity contribution in [3.63, 3.8) is 0 Å². The maximum atomic E-state index is 7.16. The normalized spacial score (nSPS) is 12.1. The van der Waals surface area contributed by atoms with Gasteiger partial charge in [0.2, 0.25) is 0 Å². The second-order valence-electron chi connectivity index (χ2n) is 1.62. The molecule has 0 aromatic carbocycles. The van der Waals surface area contributed by atoms with Crippen LogP contribution in [0, 0.1) is 0 Å². The molecule has 0 amide bonds. The summed E-state index contributed by atoms with van der Waals surface area (Å²) in [4.78, 5) is 0. The summed E-state index contributed by atoms with van der Waals surface area (Å²) in [5.74, 6) is 0. The fourth-order valence-electron chi connectivity index (χ4n) is 0.428. The van der Waals surface area contributed by atoms with Crippen molar-refractivity contribution >= 4 is 0 Å². The van der Waals surface area contributed by atoms with Crippen LogP contribution in [0.15, 0.2) is 0 Å². The van der Waals surface area contributed by atoms with Crippen molar-refractivity contribution in [3.05, 3.63) is 0 Å². The van der Waals surface area contributed by atoms with E-state index < -0.39 is 0 Å². The van der Waals surface area contributed by atoms with Gasteiger partial charge in [0, 0.05) is 0 Å². The molecule has 0 bridgehead atoms. The average Bonchev–Trinajstić information content (AvgIpc) is 1.83. The van der Waals surface area contributed by atoms with Crippen molar-refractivity contribution in [1.29, 1.82) is 0 Å². The maximum Gasteiger partial charge on any atom is 0.122 e. The van der Waals surface area contributed by atoms with Gasteiger partial charge < -0.3 is 5.31 Å². The van der Waals surface area contributed by atoms with Crippen LogP contribution in [0.1, 0.15) is 26.7 Å². The van der Waals surface area contributed by atoms with E-state index >= 15 is 0 Å². The molecule has 0 saturated carbocycles. The number of unbranched alkanes of at least 4 members (excludes halogenated alkanes) is 1. The number of nitrogens with one attached hydrogen (secondary N) is 1. The molecular formula is C6H15N. The van der Waals surface area contributed by atoms with Crippen molar-refractivity contribution in [2.24, 2.45) is 0 Å². The molecule has 0 spiro atoms. The Morgan fingerprint density at radius 1 is 1.57 bits per heavy atom. The van der Waals surface area contributed by atoms with Crippen LogP contribution < -0.4 is 5.31 Å². The quantitative estimate of drug-likeness (QED) is 0.565. The van der Waals surface area contributed by atoms with E-state index in [1.807, 2.05) is 6.92 Å². The van der Waals surface area contributed by atoms with Gasteiger partial charge in [-0.3, -0.25) is 0 Å². The van der Waals surface area contributed by atoms with Crippen molar-refractivity contribution in [2.75, 3.05) is 13.1 Å². The number of hydrogen-bond acceptors (Lipinski definition) is 1. The van der Waals surface area contributed by atoms with E-state index in [1.165, 1.54) is 6.42 Å². The third-order valence-electron chi connectivity index (χ3n) is 0.893. The van der Waals surface area contributed by atoms with Crippen LogP contribution in [0.2, 0.25) is 1.41 Å². The molecule has 0 rings (SSSR count). The first kappa shape index (κ1) is 5.10. The fourth-order valence-corrected chi connectivity index (χ4v) is 0.428. The van der Waals surface area contributed by atoms with Crippen molar-refractivity contribution in [3.8, 4) is 0 Å². The van der Waals surface area contributed by atoms with Crippen molar-refractivity contribution in [1.82, 2.24) is 5.31 Å². The SMILES string of the molecule is [2H]N(CC)CCCC. The minimum Gasteiger partial charge on any atom is -0.317 e. The highest BCUT2D eigenvalue weighted by Crippen LogP contribution is 1.80. The van der Waals surface area contributed by atoms with Crippen LogP contribution in [0.3, 0.4) is 0 Å². The summed E-state index contributed by atoms with van der Waals surface area (Å²) < 4.78 is 7.16. The molecule has 0 aromatic heterocycles. The molecule has 0 aliphatic rings. The lowest BCUT2D eigenvalue weighted by Crippen LogP contribution is -2.13. The molecular weight excluding hydrogens is 86.1 g/mol. The van der Waals surface area contributed by atoms with E-state index in [-0.39, 0.29) is 0 Å². The molecule has 1 heteroatoms. The molecule has 1 N–H and O–H groups in total. The zero-order chi connectivity index (χ0) is 6.41. The summed E-state index contributed by atoms with van der Waals surface area (Å²) in [5, 5.41) is 1.59. The van der Waals surface area contributed by atoms with E-state index in [0.29, 0.717) is 0 Å². The van der Waals surface area contributed by atoms with E-state index in [9.17, 15) is 0 Å². The molecule has 0 saturated heterocycles. The maximum absolute atomic E-state index is 7.16. The molecule has 0 aromatic rings. The van der Waals surface area contributed by atoms with Gasteiger partial charge in [0.05, 0.1) is 0 Å². The van der Waals surface area contributed by atoms with Gasteiger partial charge in [0.25, 0.3) is 0 Å². The largest absolute Gasteiger partial charge is 0.317 e. The standard InChI is InChI=1S/C6H15N/c1-3-5-6-7-4-2/h7H,3-6H2,1-2H3/i/hD. The van der Waals surface area contributed by atoms with Gasteiger partial charge in [0.1, 0.15) is 1.41 Å². The average molecular weight is 102 g/mol.